The van der Waals surface area contributed by atoms with Crippen molar-refractivity contribution in [2.45, 2.75) is 26.1 Å². The van der Waals surface area contributed by atoms with Crippen molar-refractivity contribution in [2.24, 2.45) is 0 Å². The molecule has 72 valence electrons. The second-order valence-electron chi connectivity index (χ2n) is 2.42. The maximum atomic E-state index is 11.8. The first-order valence-corrected chi connectivity index (χ1v) is 3.59. The molecule has 2 unspecified atom stereocenters. The minimum Gasteiger partial charge on any atom is -0.428 e. The largest absolute Gasteiger partial charge is 0.508 e. The molecule has 0 aromatic rings. The van der Waals surface area contributed by atoms with E-state index in [0.717, 1.165) is 0 Å². The van der Waals surface area contributed by atoms with Gasteiger partial charge in [0.2, 0.25) is 0 Å². The lowest BCUT2D eigenvalue weighted by molar-refractivity contribution is -0.00363. The molecule has 0 saturated heterocycles. The van der Waals surface area contributed by atoms with Gasteiger partial charge in [0.25, 0.3) is 0 Å². The van der Waals surface area contributed by atoms with E-state index in [4.69, 9.17) is 0 Å². The van der Waals surface area contributed by atoms with Crippen LogP contribution in [0, 0.1) is 0 Å². The first-order chi connectivity index (χ1) is 5.60. The SMILES string of the molecule is CC(CF)OC(=O)OC(C)CF. The summed E-state index contributed by atoms with van der Waals surface area (Å²) in [7, 11) is 0. The molecule has 0 aliphatic carbocycles. The van der Waals surface area contributed by atoms with Gasteiger partial charge in [0.05, 0.1) is 0 Å². The Morgan fingerprint density at radius 3 is 1.75 bits per heavy atom. The molecular weight excluding hydrogens is 170 g/mol. The molecule has 5 heteroatoms. The van der Waals surface area contributed by atoms with Crippen LogP contribution in [-0.2, 0) is 9.47 Å². The van der Waals surface area contributed by atoms with Crippen LogP contribution in [0.15, 0.2) is 0 Å². The number of ether oxygens (including phenoxy) is 2. The average molecular weight is 182 g/mol. The zero-order valence-corrected chi connectivity index (χ0v) is 7.05. The summed E-state index contributed by atoms with van der Waals surface area (Å²) in [6.45, 7) is 1.20. The minimum atomic E-state index is -1.04. The van der Waals surface area contributed by atoms with E-state index in [2.05, 4.69) is 9.47 Å². The van der Waals surface area contributed by atoms with Crippen LogP contribution in [0.2, 0.25) is 0 Å². The number of carbonyl (C=O) groups is 1. The van der Waals surface area contributed by atoms with Gasteiger partial charge in [0, 0.05) is 0 Å². The second kappa shape index (κ2) is 5.74. The summed E-state index contributed by atoms with van der Waals surface area (Å²) >= 11 is 0. The Balaban J connectivity index is 3.59. The second-order valence-corrected chi connectivity index (χ2v) is 2.42. The molecule has 0 heterocycles. The fourth-order valence-corrected chi connectivity index (χ4v) is 0.419. The zero-order chi connectivity index (χ0) is 9.56. The molecule has 0 fully saturated rings. The van der Waals surface area contributed by atoms with Crippen LogP contribution in [0.25, 0.3) is 0 Å². The molecule has 12 heavy (non-hydrogen) atoms. The van der Waals surface area contributed by atoms with Gasteiger partial charge in [-0.3, -0.25) is 0 Å². The van der Waals surface area contributed by atoms with E-state index in [1.165, 1.54) is 13.8 Å². The predicted molar refractivity (Wildman–Crippen MR) is 38.4 cm³/mol. The average Bonchev–Trinajstić information content (AvgIpc) is 2.03. The van der Waals surface area contributed by atoms with Crippen molar-refractivity contribution in [3.05, 3.63) is 0 Å². The smallest absolute Gasteiger partial charge is 0.428 e. The van der Waals surface area contributed by atoms with Crippen LogP contribution in [0.5, 0.6) is 0 Å². The standard InChI is InChI=1S/C7H12F2O3/c1-5(3-8)11-7(10)12-6(2)4-9/h5-6H,3-4H2,1-2H3. The van der Waals surface area contributed by atoms with Crippen LogP contribution in [-0.4, -0.2) is 31.7 Å². The van der Waals surface area contributed by atoms with E-state index in [0.29, 0.717) is 0 Å². The number of alkyl halides is 2. The van der Waals surface area contributed by atoms with Crippen molar-refractivity contribution in [3.8, 4) is 0 Å². The number of rotatable bonds is 4. The van der Waals surface area contributed by atoms with Gasteiger partial charge < -0.3 is 9.47 Å². The molecular formula is C7H12F2O3. The lowest BCUT2D eigenvalue weighted by Gasteiger charge is -2.12. The lowest BCUT2D eigenvalue weighted by Crippen LogP contribution is -2.22. The number of carbonyl (C=O) groups excluding carboxylic acids is 1. The van der Waals surface area contributed by atoms with Gasteiger partial charge in [-0.05, 0) is 13.8 Å². The van der Waals surface area contributed by atoms with Gasteiger partial charge in [-0.25, -0.2) is 13.6 Å². The van der Waals surface area contributed by atoms with Crippen molar-refractivity contribution in [1.29, 1.82) is 0 Å². The fraction of sp³-hybridized carbons (Fsp3) is 0.857. The summed E-state index contributed by atoms with van der Waals surface area (Å²) in [5, 5.41) is 0. The molecule has 0 amide bonds. The number of hydrogen-bond donors (Lipinski definition) is 0. The van der Waals surface area contributed by atoms with Crippen molar-refractivity contribution in [1.82, 2.24) is 0 Å². The predicted octanol–water partition coefficient (Wildman–Crippen LogP) is 1.86. The Morgan fingerprint density at radius 1 is 1.17 bits per heavy atom. The maximum Gasteiger partial charge on any atom is 0.508 e. The van der Waals surface area contributed by atoms with Gasteiger partial charge >= 0.3 is 6.16 Å². The summed E-state index contributed by atoms with van der Waals surface area (Å²) < 4.78 is 32.3. The van der Waals surface area contributed by atoms with E-state index in [1.807, 2.05) is 0 Å². The summed E-state index contributed by atoms with van der Waals surface area (Å²) in [4.78, 5) is 10.6. The van der Waals surface area contributed by atoms with E-state index in [9.17, 15) is 13.6 Å². The Bertz CT molecular complexity index is 127. The zero-order valence-electron chi connectivity index (χ0n) is 7.05. The molecule has 3 nitrogen and oxygen atoms in total. The van der Waals surface area contributed by atoms with E-state index in [-0.39, 0.29) is 0 Å². The molecule has 0 bridgehead atoms. The van der Waals surface area contributed by atoms with Gasteiger partial charge in [-0.2, -0.15) is 0 Å². The normalized spacial score (nSPS) is 15.0. The third-order valence-electron chi connectivity index (χ3n) is 1.03. The topological polar surface area (TPSA) is 35.5 Å². The van der Waals surface area contributed by atoms with E-state index < -0.39 is 31.7 Å². The molecule has 0 aliphatic rings. The minimum absolute atomic E-state index is 0.779. The highest BCUT2D eigenvalue weighted by Gasteiger charge is 2.13. The first-order valence-electron chi connectivity index (χ1n) is 3.59. The lowest BCUT2D eigenvalue weighted by atomic mass is 10.4. The maximum absolute atomic E-state index is 11.8. The molecule has 0 spiro atoms. The molecule has 0 rings (SSSR count). The third kappa shape index (κ3) is 4.87. The van der Waals surface area contributed by atoms with Gasteiger partial charge in [0.15, 0.2) is 0 Å². The third-order valence-corrected chi connectivity index (χ3v) is 1.03. The van der Waals surface area contributed by atoms with Crippen LogP contribution in [0.1, 0.15) is 13.8 Å². The van der Waals surface area contributed by atoms with Crippen molar-refractivity contribution < 1.29 is 23.0 Å². The summed E-state index contributed by atoms with van der Waals surface area (Å²) in [5.74, 6) is 0. The fourth-order valence-electron chi connectivity index (χ4n) is 0.419. The molecule has 0 radical (unpaired) electrons. The van der Waals surface area contributed by atoms with E-state index >= 15 is 0 Å². The van der Waals surface area contributed by atoms with E-state index in [1.54, 1.807) is 0 Å². The van der Waals surface area contributed by atoms with Crippen LogP contribution >= 0.6 is 0 Å². The van der Waals surface area contributed by atoms with Crippen LogP contribution < -0.4 is 0 Å². The van der Waals surface area contributed by atoms with Gasteiger partial charge in [-0.1, -0.05) is 0 Å². The quantitative estimate of drug-likeness (QED) is 0.622. The number of halogens is 2. The van der Waals surface area contributed by atoms with Gasteiger partial charge in [0.1, 0.15) is 25.6 Å². The number of hydrogen-bond acceptors (Lipinski definition) is 3. The van der Waals surface area contributed by atoms with Crippen molar-refractivity contribution in [3.63, 3.8) is 0 Å². The summed E-state index contributed by atoms with van der Waals surface area (Å²) in [6.07, 6.45) is -2.72. The van der Waals surface area contributed by atoms with Crippen molar-refractivity contribution >= 4 is 6.16 Å². The Kier molecular flexibility index (Phi) is 5.32. The summed E-state index contributed by atoms with van der Waals surface area (Å²) in [5.41, 5.74) is 0. The highest BCUT2D eigenvalue weighted by molar-refractivity contribution is 5.60. The van der Waals surface area contributed by atoms with Crippen molar-refractivity contribution in [2.75, 3.05) is 13.3 Å². The summed E-state index contributed by atoms with van der Waals surface area (Å²) in [6, 6.07) is 0. The Labute approximate surface area is 69.6 Å². The van der Waals surface area contributed by atoms with Gasteiger partial charge in [-0.15, -0.1) is 0 Å². The van der Waals surface area contributed by atoms with Crippen LogP contribution in [0.4, 0.5) is 13.6 Å². The highest BCUT2D eigenvalue weighted by atomic mass is 19.1. The Morgan fingerprint density at radius 2 is 1.50 bits per heavy atom. The Hall–Kier alpha value is -0.870. The molecule has 0 N–H and O–H groups in total. The first kappa shape index (κ1) is 11.1. The highest BCUT2D eigenvalue weighted by Crippen LogP contribution is 1.99. The molecule has 0 saturated carbocycles. The molecule has 0 aliphatic heterocycles. The molecule has 0 aromatic heterocycles. The monoisotopic (exact) mass is 182 g/mol. The van der Waals surface area contributed by atoms with Crippen LogP contribution in [0.3, 0.4) is 0 Å². The molecule has 2 atom stereocenters. The molecule has 0 aromatic carbocycles.